The van der Waals surface area contributed by atoms with Gasteiger partial charge in [0, 0.05) is 33.4 Å². The summed E-state index contributed by atoms with van der Waals surface area (Å²) in [7, 11) is 0. The first-order chi connectivity index (χ1) is 13.3. The van der Waals surface area contributed by atoms with Crippen molar-refractivity contribution < 1.29 is 24.1 Å². The zero-order valence-electron chi connectivity index (χ0n) is 18.5. The van der Waals surface area contributed by atoms with Gasteiger partial charge in [0.25, 0.3) is 5.79 Å². The van der Waals surface area contributed by atoms with Gasteiger partial charge in [-0.15, -0.1) is 0 Å². The van der Waals surface area contributed by atoms with E-state index >= 15 is 0 Å². The topological polar surface area (TPSA) is 74.0 Å². The Morgan fingerprint density at radius 1 is 1.00 bits per heavy atom. The number of benzene rings is 1. The molecule has 2 aromatic rings. The molecule has 1 N–H and O–H groups in total. The van der Waals surface area contributed by atoms with Crippen molar-refractivity contribution in [1.29, 1.82) is 0 Å². The molecule has 1 aromatic heterocycles. The average molecular weight is 402 g/mol. The van der Waals surface area contributed by atoms with Crippen molar-refractivity contribution >= 4 is 0 Å². The molecule has 0 spiro atoms. The van der Waals surface area contributed by atoms with Crippen LogP contribution in [-0.2, 0) is 25.7 Å². The van der Waals surface area contributed by atoms with E-state index in [-0.39, 0.29) is 22.0 Å². The second kappa shape index (κ2) is 5.84. The number of rotatable bonds is 2. The van der Waals surface area contributed by atoms with Crippen LogP contribution in [-0.4, -0.2) is 22.5 Å². The van der Waals surface area contributed by atoms with E-state index in [1.54, 1.807) is 6.07 Å². The summed E-state index contributed by atoms with van der Waals surface area (Å²) in [5.74, 6) is -0.208. The van der Waals surface area contributed by atoms with Gasteiger partial charge >= 0.3 is 0 Å². The van der Waals surface area contributed by atoms with Crippen LogP contribution in [0.15, 0.2) is 28.8 Å². The third kappa shape index (κ3) is 2.55. The predicted molar refractivity (Wildman–Crippen MR) is 108 cm³/mol. The summed E-state index contributed by atoms with van der Waals surface area (Å²) in [6.45, 7) is 17.3. The molecule has 6 heteroatoms. The second-order valence-corrected chi connectivity index (χ2v) is 10.9. The molecule has 1 aromatic carbocycles. The van der Waals surface area contributed by atoms with Crippen molar-refractivity contribution in [2.24, 2.45) is 10.8 Å². The first-order valence-corrected chi connectivity index (χ1v) is 10.1. The highest BCUT2D eigenvalue weighted by atomic mass is 17.3. The smallest absolute Gasteiger partial charge is 0.261 e. The summed E-state index contributed by atoms with van der Waals surface area (Å²) in [6.07, 6.45) is 0. The molecule has 2 unspecified atom stereocenters. The molecule has 29 heavy (non-hydrogen) atoms. The first kappa shape index (κ1) is 20.4. The number of hydrogen-bond donors (Lipinski definition) is 1. The Morgan fingerprint density at radius 2 is 1.69 bits per heavy atom. The van der Waals surface area contributed by atoms with Crippen LogP contribution in [0.4, 0.5) is 0 Å². The number of aromatic nitrogens is 1. The summed E-state index contributed by atoms with van der Waals surface area (Å²) >= 11 is 0. The molecule has 0 radical (unpaired) electrons. The van der Waals surface area contributed by atoms with Crippen LogP contribution in [0.3, 0.4) is 0 Å². The number of phenols is 1. The maximum atomic E-state index is 10.8. The Bertz CT molecular complexity index is 949. The zero-order chi connectivity index (χ0) is 21.5. The van der Waals surface area contributed by atoms with Crippen LogP contribution in [0, 0.1) is 10.8 Å². The molecule has 0 aliphatic carbocycles. The Kier molecular flexibility index (Phi) is 4.10. The van der Waals surface area contributed by atoms with E-state index in [2.05, 4.69) is 60.5 Å². The third-order valence-corrected chi connectivity index (χ3v) is 6.30. The minimum atomic E-state index is -1.06. The SMILES string of the molecule is CC(C)(C)c1cc(-c2ccc(C34OCC(C)(C)C3(C(C)(C)C)OO4)cc2O)no1. The van der Waals surface area contributed by atoms with Crippen LogP contribution in [0.1, 0.15) is 66.7 Å². The normalized spacial score (nSPS) is 28.8. The van der Waals surface area contributed by atoms with Crippen molar-refractivity contribution in [2.75, 3.05) is 6.61 Å². The number of hydrogen-bond acceptors (Lipinski definition) is 6. The Balaban J connectivity index is 1.77. The number of phenolic OH excluding ortho intramolecular Hbond substituents is 1. The van der Waals surface area contributed by atoms with E-state index in [9.17, 15) is 5.11 Å². The standard InChI is InChI=1S/C23H31NO5/c1-19(2,3)18-12-16(24-27-18)15-10-9-14(11-17(15)25)22-23(29-28-22,20(4,5)6)21(7,8)13-26-22/h9-12,25H,13H2,1-8H3. The molecular formula is C23H31NO5. The molecule has 2 aliphatic rings. The van der Waals surface area contributed by atoms with Crippen LogP contribution in [0.2, 0.25) is 0 Å². The second-order valence-electron chi connectivity index (χ2n) is 10.9. The number of nitrogens with zero attached hydrogens (tertiary/aromatic N) is 1. The van der Waals surface area contributed by atoms with Gasteiger partial charge in [0.1, 0.15) is 17.2 Å². The molecule has 2 saturated heterocycles. The fraction of sp³-hybridized carbons (Fsp3) is 0.609. The molecule has 0 amide bonds. The summed E-state index contributed by atoms with van der Waals surface area (Å²) in [6, 6.07) is 7.29. The molecule has 3 heterocycles. The van der Waals surface area contributed by atoms with Gasteiger partial charge in [-0.3, -0.25) is 0 Å². The van der Waals surface area contributed by atoms with Gasteiger partial charge < -0.3 is 14.4 Å². The lowest BCUT2D eigenvalue weighted by Gasteiger charge is -2.61. The van der Waals surface area contributed by atoms with Gasteiger partial charge in [-0.05, 0) is 12.1 Å². The molecule has 4 rings (SSSR count). The van der Waals surface area contributed by atoms with Gasteiger partial charge in [0.05, 0.1) is 6.61 Å². The zero-order valence-corrected chi connectivity index (χ0v) is 18.5. The Labute approximate surface area is 172 Å². The average Bonchev–Trinajstić information content (AvgIpc) is 3.07. The molecule has 2 atom stereocenters. The van der Waals surface area contributed by atoms with E-state index in [1.807, 2.05) is 18.2 Å². The van der Waals surface area contributed by atoms with E-state index in [4.69, 9.17) is 19.0 Å². The van der Waals surface area contributed by atoms with Gasteiger partial charge in [0.2, 0.25) is 0 Å². The summed E-state index contributed by atoms with van der Waals surface area (Å²) in [5, 5.41) is 15.0. The third-order valence-electron chi connectivity index (χ3n) is 6.30. The molecule has 0 saturated carbocycles. The highest BCUT2D eigenvalue weighted by Gasteiger charge is 2.81. The van der Waals surface area contributed by atoms with Gasteiger partial charge in [-0.1, -0.05) is 66.6 Å². The lowest BCUT2D eigenvalue weighted by Crippen LogP contribution is -2.72. The fourth-order valence-electron chi connectivity index (χ4n) is 4.95. The highest BCUT2D eigenvalue weighted by molar-refractivity contribution is 5.67. The largest absolute Gasteiger partial charge is 0.507 e. The summed E-state index contributed by atoms with van der Waals surface area (Å²) in [4.78, 5) is 11.5. The number of fused-ring (bicyclic) bond motifs is 1. The molecule has 0 bridgehead atoms. The molecule has 6 nitrogen and oxygen atoms in total. The summed E-state index contributed by atoms with van der Waals surface area (Å²) < 4.78 is 11.7. The quantitative estimate of drug-likeness (QED) is 0.688. The van der Waals surface area contributed by atoms with Crippen LogP contribution >= 0.6 is 0 Å². The van der Waals surface area contributed by atoms with E-state index in [1.165, 1.54) is 0 Å². The van der Waals surface area contributed by atoms with Crippen molar-refractivity contribution in [3.63, 3.8) is 0 Å². The van der Waals surface area contributed by atoms with E-state index in [0.717, 1.165) is 11.3 Å². The monoisotopic (exact) mass is 401 g/mol. The molecular weight excluding hydrogens is 370 g/mol. The van der Waals surface area contributed by atoms with Crippen LogP contribution in [0.25, 0.3) is 11.3 Å². The van der Waals surface area contributed by atoms with Crippen molar-refractivity contribution in [1.82, 2.24) is 5.16 Å². The summed E-state index contributed by atoms with van der Waals surface area (Å²) in [5.41, 5.74) is 0.546. The molecule has 158 valence electrons. The predicted octanol–water partition coefficient (Wildman–Crippen LogP) is 5.30. The maximum absolute atomic E-state index is 10.8. The maximum Gasteiger partial charge on any atom is 0.261 e. The van der Waals surface area contributed by atoms with Crippen LogP contribution < -0.4 is 0 Å². The Hall–Kier alpha value is -1.89. The minimum Gasteiger partial charge on any atom is -0.507 e. The molecule has 2 aliphatic heterocycles. The van der Waals surface area contributed by atoms with E-state index < -0.39 is 11.4 Å². The minimum absolute atomic E-state index is 0.0947. The van der Waals surface area contributed by atoms with Crippen molar-refractivity contribution in [2.45, 2.75) is 72.2 Å². The first-order valence-electron chi connectivity index (χ1n) is 10.1. The number of aromatic hydroxyl groups is 1. The van der Waals surface area contributed by atoms with Crippen molar-refractivity contribution in [3.05, 3.63) is 35.6 Å². The van der Waals surface area contributed by atoms with Gasteiger partial charge in [-0.25, -0.2) is 4.89 Å². The molecule has 2 fully saturated rings. The van der Waals surface area contributed by atoms with E-state index in [0.29, 0.717) is 17.9 Å². The van der Waals surface area contributed by atoms with Gasteiger partial charge in [-0.2, -0.15) is 4.89 Å². The fourth-order valence-corrected chi connectivity index (χ4v) is 4.95. The number of ether oxygens (including phenoxy) is 1. The Morgan fingerprint density at radius 3 is 2.17 bits per heavy atom. The van der Waals surface area contributed by atoms with Gasteiger partial charge in [0.15, 0.2) is 5.60 Å². The van der Waals surface area contributed by atoms with Crippen molar-refractivity contribution in [3.8, 4) is 17.0 Å². The van der Waals surface area contributed by atoms with Crippen LogP contribution in [0.5, 0.6) is 5.75 Å². The highest BCUT2D eigenvalue weighted by Crippen LogP contribution is 2.69. The lowest BCUT2D eigenvalue weighted by molar-refractivity contribution is -0.626. The lowest BCUT2D eigenvalue weighted by atomic mass is 9.57.